The summed E-state index contributed by atoms with van der Waals surface area (Å²) in [5.41, 5.74) is 0. The second-order valence-corrected chi connectivity index (χ2v) is 2.72. The minimum atomic E-state index is -1.05. The first kappa shape index (κ1) is 11.2. The zero-order chi connectivity index (χ0) is 9.56. The summed E-state index contributed by atoms with van der Waals surface area (Å²) >= 11 is 2.82. The number of halogens is 1. The Bertz CT molecular complexity index is 190. The number of hydrogen-bond acceptors (Lipinski definition) is 4. The van der Waals surface area contributed by atoms with Gasteiger partial charge in [0.2, 0.25) is 4.83 Å². The predicted molar refractivity (Wildman–Crippen MR) is 45.9 cm³/mol. The summed E-state index contributed by atoms with van der Waals surface area (Å²) in [6.07, 6.45) is 1.41. The van der Waals surface area contributed by atoms with Crippen LogP contribution in [0.3, 0.4) is 0 Å². The maximum absolute atomic E-state index is 10.9. The van der Waals surface area contributed by atoms with Gasteiger partial charge in [0.15, 0.2) is 0 Å². The molecular weight excluding hydrogens is 228 g/mol. The van der Waals surface area contributed by atoms with E-state index >= 15 is 0 Å². The third kappa shape index (κ3) is 3.52. The molecular formula is C7H9BrO4. The monoisotopic (exact) mass is 236 g/mol. The second-order valence-electron chi connectivity index (χ2n) is 1.80. The highest BCUT2D eigenvalue weighted by Crippen LogP contribution is 2.04. The Morgan fingerprint density at radius 3 is 2.58 bits per heavy atom. The molecule has 1 atom stereocenters. The Morgan fingerprint density at radius 2 is 2.17 bits per heavy atom. The van der Waals surface area contributed by atoms with E-state index in [9.17, 15) is 9.59 Å². The van der Waals surface area contributed by atoms with Gasteiger partial charge in [0.25, 0.3) is 0 Å². The van der Waals surface area contributed by atoms with E-state index in [1.165, 1.54) is 13.2 Å². The molecule has 0 saturated carbocycles. The second kappa shape index (κ2) is 5.77. The number of carbonyl (C=O) groups excluding carboxylic acids is 2. The first-order valence-corrected chi connectivity index (χ1v) is 4.04. The maximum atomic E-state index is 10.9. The average Bonchev–Trinajstić information content (AvgIpc) is 2.11. The number of rotatable bonds is 4. The smallest absolute Gasteiger partial charge is 0.331 e. The fourth-order valence-electron chi connectivity index (χ4n) is 0.414. The Balaban J connectivity index is 3.92. The van der Waals surface area contributed by atoms with Gasteiger partial charge < -0.3 is 9.47 Å². The molecule has 0 aromatic heterocycles. The lowest BCUT2D eigenvalue weighted by atomic mass is 10.4. The van der Waals surface area contributed by atoms with Gasteiger partial charge in [-0.2, -0.15) is 0 Å². The molecule has 12 heavy (non-hydrogen) atoms. The molecule has 5 heteroatoms. The van der Waals surface area contributed by atoms with Crippen molar-refractivity contribution >= 4 is 27.9 Å². The van der Waals surface area contributed by atoms with E-state index < -0.39 is 16.8 Å². The first-order valence-electron chi connectivity index (χ1n) is 3.13. The molecule has 0 aromatic rings. The Kier molecular flexibility index (Phi) is 5.36. The van der Waals surface area contributed by atoms with Crippen LogP contribution in [0.4, 0.5) is 0 Å². The molecule has 0 aromatic carbocycles. The lowest BCUT2D eigenvalue weighted by molar-refractivity contribution is -0.150. The van der Waals surface area contributed by atoms with Crippen LogP contribution in [0, 0.1) is 0 Å². The third-order valence-electron chi connectivity index (χ3n) is 0.959. The quantitative estimate of drug-likeness (QED) is 0.312. The van der Waals surface area contributed by atoms with Crippen LogP contribution in [-0.4, -0.2) is 30.5 Å². The van der Waals surface area contributed by atoms with Crippen molar-refractivity contribution < 1.29 is 19.1 Å². The zero-order valence-corrected chi connectivity index (χ0v) is 8.17. The van der Waals surface area contributed by atoms with Crippen LogP contribution in [0.15, 0.2) is 12.7 Å². The molecule has 0 radical (unpaired) electrons. The molecule has 68 valence electrons. The van der Waals surface area contributed by atoms with Crippen molar-refractivity contribution in [1.29, 1.82) is 0 Å². The molecule has 1 unspecified atom stereocenters. The van der Waals surface area contributed by atoms with E-state index in [1.807, 2.05) is 0 Å². The van der Waals surface area contributed by atoms with Crippen LogP contribution in [0.5, 0.6) is 0 Å². The van der Waals surface area contributed by atoms with Crippen LogP contribution < -0.4 is 0 Å². The van der Waals surface area contributed by atoms with E-state index in [2.05, 4.69) is 32.0 Å². The third-order valence-corrected chi connectivity index (χ3v) is 1.71. The minimum Gasteiger partial charge on any atom is -0.468 e. The van der Waals surface area contributed by atoms with Gasteiger partial charge in [-0.25, -0.2) is 0 Å². The molecule has 0 aliphatic heterocycles. The van der Waals surface area contributed by atoms with E-state index in [4.69, 9.17) is 0 Å². The fraction of sp³-hybridized carbons (Fsp3) is 0.429. The lowest BCUT2D eigenvalue weighted by Crippen LogP contribution is -2.27. The Morgan fingerprint density at radius 1 is 1.58 bits per heavy atom. The normalized spacial score (nSPS) is 11.5. The summed E-state index contributed by atoms with van der Waals surface area (Å²) in [5, 5.41) is 0. The standard InChI is InChI=1S/C7H9BrO4/c1-3-4-12-7(10)5(8)6(9)11-2/h3,5H,1,4H2,2H3. The van der Waals surface area contributed by atoms with Crippen LogP contribution in [0.2, 0.25) is 0 Å². The SMILES string of the molecule is C=CCOC(=O)C(Br)C(=O)OC. The summed E-state index contributed by atoms with van der Waals surface area (Å²) in [4.78, 5) is 20.6. The molecule has 4 nitrogen and oxygen atoms in total. The number of alkyl halides is 1. The lowest BCUT2D eigenvalue weighted by Gasteiger charge is -2.05. The highest BCUT2D eigenvalue weighted by atomic mass is 79.9. The molecule has 0 rings (SSSR count). The van der Waals surface area contributed by atoms with Crippen molar-refractivity contribution in [2.24, 2.45) is 0 Å². The van der Waals surface area contributed by atoms with E-state index in [0.717, 1.165) is 0 Å². The topological polar surface area (TPSA) is 52.6 Å². The summed E-state index contributed by atoms with van der Waals surface area (Å²) < 4.78 is 8.87. The largest absolute Gasteiger partial charge is 0.468 e. The zero-order valence-electron chi connectivity index (χ0n) is 6.58. The van der Waals surface area contributed by atoms with Crippen LogP contribution in [0.25, 0.3) is 0 Å². The molecule has 0 spiro atoms. The Hall–Kier alpha value is -0.840. The summed E-state index contributed by atoms with van der Waals surface area (Å²) in [5.74, 6) is -1.36. The number of carbonyl (C=O) groups is 2. The average molecular weight is 237 g/mol. The number of esters is 2. The van der Waals surface area contributed by atoms with Crippen molar-refractivity contribution in [1.82, 2.24) is 0 Å². The van der Waals surface area contributed by atoms with Gasteiger partial charge in [-0.05, 0) is 0 Å². The van der Waals surface area contributed by atoms with Crippen LogP contribution in [0.1, 0.15) is 0 Å². The van der Waals surface area contributed by atoms with Gasteiger partial charge in [0.1, 0.15) is 6.61 Å². The van der Waals surface area contributed by atoms with Crippen molar-refractivity contribution in [2.45, 2.75) is 4.83 Å². The van der Waals surface area contributed by atoms with Crippen molar-refractivity contribution in [2.75, 3.05) is 13.7 Å². The van der Waals surface area contributed by atoms with Gasteiger partial charge in [-0.15, -0.1) is 0 Å². The Labute approximate surface area is 78.7 Å². The predicted octanol–water partition coefficient (Wildman–Crippen LogP) is 0.652. The van der Waals surface area contributed by atoms with Gasteiger partial charge >= 0.3 is 11.9 Å². The fourth-order valence-corrected chi connectivity index (χ4v) is 0.733. The molecule has 0 fully saturated rings. The number of hydrogen-bond donors (Lipinski definition) is 0. The summed E-state index contributed by atoms with van der Waals surface area (Å²) in [6.45, 7) is 3.43. The minimum absolute atomic E-state index is 0.0813. The summed E-state index contributed by atoms with van der Waals surface area (Å²) in [6, 6.07) is 0. The maximum Gasteiger partial charge on any atom is 0.331 e. The first-order chi connectivity index (χ1) is 5.63. The van der Waals surface area contributed by atoms with Crippen molar-refractivity contribution in [3.8, 4) is 0 Å². The van der Waals surface area contributed by atoms with Gasteiger partial charge in [-0.1, -0.05) is 28.6 Å². The van der Waals surface area contributed by atoms with E-state index in [1.54, 1.807) is 0 Å². The number of ether oxygens (including phenoxy) is 2. The van der Waals surface area contributed by atoms with Crippen LogP contribution >= 0.6 is 15.9 Å². The highest BCUT2D eigenvalue weighted by Gasteiger charge is 2.25. The molecule has 0 N–H and O–H groups in total. The van der Waals surface area contributed by atoms with Crippen molar-refractivity contribution in [3.05, 3.63) is 12.7 Å². The molecule has 0 aliphatic rings. The van der Waals surface area contributed by atoms with Gasteiger partial charge in [0.05, 0.1) is 7.11 Å². The molecule has 0 heterocycles. The highest BCUT2D eigenvalue weighted by molar-refractivity contribution is 9.10. The molecule has 0 saturated heterocycles. The van der Waals surface area contributed by atoms with Crippen LogP contribution in [-0.2, 0) is 19.1 Å². The van der Waals surface area contributed by atoms with E-state index in [0.29, 0.717) is 0 Å². The molecule has 0 amide bonds. The van der Waals surface area contributed by atoms with E-state index in [-0.39, 0.29) is 6.61 Å². The molecule has 0 bridgehead atoms. The summed E-state index contributed by atoms with van der Waals surface area (Å²) in [7, 11) is 1.19. The van der Waals surface area contributed by atoms with Gasteiger partial charge in [0, 0.05) is 0 Å². The van der Waals surface area contributed by atoms with Crippen molar-refractivity contribution in [3.63, 3.8) is 0 Å². The number of methoxy groups -OCH3 is 1. The van der Waals surface area contributed by atoms with Gasteiger partial charge in [-0.3, -0.25) is 9.59 Å². The molecule has 0 aliphatic carbocycles.